The number of thiophene rings is 1. The van der Waals surface area contributed by atoms with E-state index in [9.17, 15) is 13.2 Å². The van der Waals surface area contributed by atoms with Gasteiger partial charge in [-0.1, -0.05) is 11.8 Å². The van der Waals surface area contributed by atoms with Crippen LogP contribution in [0.15, 0.2) is 16.6 Å². The van der Waals surface area contributed by atoms with Crippen molar-refractivity contribution in [3.8, 4) is 0 Å². The number of hydrogen-bond acceptors (Lipinski definition) is 5. The van der Waals surface area contributed by atoms with E-state index in [1.54, 1.807) is 11.4 Å². The number of anilines is 1. The molecular weight excluding hydrogens is 259 g/mol. The Bertz CT molecular complexity index is 509. The lowest BCUT2D eigenvalue weighted by molar-refractivity contribution is -0.105. The molecule has 86 valence electrons. The zero-order valence-electron chi connectivity index (χ0n) is 7.78. The predicted molar refractivity (Wildman–Crippen MR) is 58.6 cm³/mol. The first kappa shape index (κ1) is 11.5. The van der Waals surface area contributed by atoms with Gasteiger partial charge in [-0.05, 0) is 11.4 Å². The van der Waals surface area contributed by atoms with Crippen LogP contribution in [0.5, 0.6) is 0 Å². The van der Waals surface area contributed by atoms with E-state index >= 15 is 0 Å². The molecule has 0 fully saturated rings. The summed E-state index contributed by atoms with van der Waals surface area (Å²) in [6.07, 6.45) is -4.23. The maximum atomic E-state index is 12.0. The lowest BCUT2D eigenvalue weighted by Gasteiger charge is -2.05. The first-order valence-electron chi connectivity index (χ1n) is 4.16. The summed E-state index contributed by atoms with van der Waals surface area (Å²) < 4.78 is 36.0. The lowest BCUT2D eigenvalue weighted by Crippen LogP contribution is -2.11. The third kappa shape index (κ3) is 2.56. The van der Waals surface area contributed by atoms with Crippen molar-refractivity contribution >= 4 is 39.1 Å². The molecule has 0 aromatic carbocycles. The molecule has 2 aromatic rings. The number of nitrogens with zero attached hydrogens (tertiary/aromatic N) is 2. The van der Waals surface area contributed by atoms with E-state index in [0.717, 1.165) is 0 Å². The number of alkyl halides is 3. The van der Waals surface area contributed by atoms with Crippen molar-refractivity contribution in [3.63, 3.8) is 0 Å². The van der Waals surface area contributed by atoms with Crippen LogP contribution in [0.2, 0.25) is 0 Å². The highest BCUT2D eigenvalue weighted by molar-refractivity contribution is 7.99. The molecule has 0 atom stereocenters. The monoisotopic (exact) mass is 265 g/mol. The molecular formula is C8H6F3N3S2. The first-order valence-corrected chi connectivity index (χ1v) is 6.02. The van der Waals surface area contributed by atoms with Crippen molar-refractivity contribution in [2.24, 2.45) is 0 Å². The fourth-order valence-corrected chi connectivity index (χ4v) is 2.51. The topological polar surface area (TPSA) is 51.8 Å². The van der Waals surface area contributed by atoms with E-state index in [1.165, 1.54) is 11.3 Å². The van der Waals surface area contributed by atoms with Gasteiger partial charge >= 0.3 is 6.18 Å². The minimum atomic E-state index is -4.23. The summed E-state index contributed by atoms with van der Waals surface area (Å²) in [7, 11) is 0. The third-order valence-corrected chi connectivity index (χ3v) is 3.42. The minimum Gasteiger partial charge on any atom is -0.383 e. The molecule has 2 heterocycles. The van der Waals surface area contributed by atoms with Crippen LogP contribution < -0.4 is 5.73 Å². The fourth-order valence-electron chi connectivity index (χ4n) is 1.07. The molecule has 0 saturated carbocycles. The Morgan fingerprint density at radius 1 is 1.38 bits per heavy atom. The van der Waals surface area contributed by atoms with Gasteiger partial charge in [-0.3, -0.25) is 0 Å². The van der Waals surface area contributed by atoms with Crippen molar-refractivity contribution in [2.45, 2.75) is 11.3 Å². The number of nitrogen functional groups attached to an aromatic ring is 1. The summed E-state index contributed by atoms with van der Waals surface area (Å²) in [5.74, 6) is -0.792. The van der Waals surface area contributed by atoms with E-state index in [-0.39, 0.29) is 11.0 Å². The highest BCUT2D eigenvalue weighted by Crippen LogP contribution is 2.29. The quantitative estimate of drug-likeness (QED) is 0.670. The summed E-state index contributed by atoms with van der Waals surface area (Å²) in [6, 6.07) is 1.74. The summed E-state index contributed by atoms with van der Waals surface area (Å²) >= 11 is 1.86. The molecule has 0 aliphatic heterocycles. The summed E-state index contributed by atoms with van der Waals surface area (Å²) in [6.45, 7) is 0. The van der Waals surface area contributed by atoms with Crippen LogP contribution in [-0.2, 0) is 0 Å². The number of nitrogens with two attached hydrogens (primary N) is 1. The smallest absolute Gasteiger partial charge is 0.383 e. The number of halogens is 3. The molecule has 2 N–H and O–H groups in total. The molecule has 0 amide bonds. The molecule has 3 nitrogen and oxygen atoms in total. The molecule has 2 aromatic heterocycles. The maximum Gasteiger partial charge on any atom is 0.398 e. The summed E-state index contributed by atoms with van der Waals surface area (Å²) in [5.41, 5.74) is 5.60. The average molecular weight is 265 g/mol. The minimum absolute atomic E-state index is 0.0600. The number of thioether (sulfide) groups is 1. The standard InChI is InChI=1S/C8H6F3N3S2/c9-8(10,11)3-16-7-13-5(12)4-1-2-15-6(4)14-7/h1-2H,3H2,(H2,12,13,14). The second-order valence-corrected chi connectivity index (χ2v) is 4.77. The molecule has 8 heteroatoms. The van der Waals surface area contributed by atoms with Gasteiger partial charge in [0.25, 0.3) is 0 Å². The van der Waals surface area contributed by atoms with E-state index < -0.39 is 11.9 Å². The van der Waals surface area contributed by atoms with Crippen molar-refractivity contribution in [1.29, 1.82) is 0 Å². The van der Waals surface area contributed by atoms with E-state index in [0.29, 0.717) is 22.0 Å². The SMILES string of the molecule is Nc1nc(SCC(F)(F)F)nc2sccc12. The Morgan fingerprint density at radius 3 is 2.81 bits per heavy atom. The number of hydrogen-bond donors (Lipinski definition) is 1. The van der Waals surface area contributed by atoms with Gasteiger partial charge in [0, 0.05) is 0 Å². The Labute approximate surface area is 96.9 Å². The van der Waals surface area contributed by atoms with E-state index in [2.05, 4.69) is 9.97 Å². The van der Waals surface area contributed by atoms with Crippen molar-refractivity contribution in [2.75, 3.05) is 11.5 Å². The highest BCUT2D eigenvalue weighted by atomic mass is 32.2. The van der Waals surface area contributed by atoms with Gasteiger partial charge in [0.15, 0.2) is 5.16 Å². The fraction of sp³-hybridized carbons (Fsp3) is 0.250. The first-order chi connectivity index (χ1) is 7.46. The molecule has 0 aliphatic carbocycles. The number of fused-ring (bicyclic) bond motifs is 1. The van der Waals surface area contributed by atoms with Gasteiger partial charge in [0.05, 0.1) is 11.1 Å². The number of rotatable bonds is 2. The van der Waals surface area contributed by atoms with E-state index in [1.807, 2.05) is 0 Å². The molecule has 0 aliphatic rings. The second kappa shape index (κ2) is 4.10. The Balaban J connectivity index is 2.25. The molecule has 0 unspecified atom stereocenters. The average Bonchev–Trinajstić information content (AvgIpc) is 2.62. The van der Waals surface area contributed by atoms with Crippen LogP contribution in [0.1, 0.15) is 0 Å². The van der Waals surface area contributed by atoms with Gasteiger partial charge in [-0.2, -0.15) is 13.2 Å². The molecule has 2 rings (SSSR count). The third-order valence-electron chi connectivity index (χ3n) is 1.70. The highest BCUT2D eigenvalue weighted by Gasteiger charge is 2.28. The molecule has 0 spiro atoms. The maximum absolute atomic E-state index is 12.0. The zero-order chi connectivity index (χ0) is 11.8. The second-order valence-electron chi connectivity index (χ2n) is 2.93. The van der Waals surface area contributed by atoms with Gasteiger partial charge in [-0.25, -0.2) is 9.97 Å². The summed E-state index contributed by atoms with van der Waals surface area (Å²) in [4.78, 5) is 8.41. The van der Waals surface area contributed by atoms with Crippen molar-refractivity contribution in [3.05, 3.63) is 11.4 Å². The van der Waals surface area contributed by atoms with Crippen LogP contribution in [0.3, 0.4) is 0 Å². The van der Waals surface area contributed by atoms with Gasteiger partial charge < -0.3 is 5.73 Å². The Morgan fingerprint density at radius 2 is 2.12 bits per heavy atom. The van der Waals surface area contributed by atoms with Crippen LogP contribution in [0.25, 0.3) is 10.2 Å². The van der Waals surface area contributed by atoms with Gasteiger partial charge in [0.1, 0.15) is 10.6 Å². The van der Waals surface area contributed by atoms with Crippen LogP contribution in [-0.4, -0.2) is 21.9 Å². The van der Waals surface area contributed by atoms with Gasteiger partial charge in [0.2, 0.25) is 0 Å². The van der Waals surface area contributed by atoms with Crippen molar-refractivity contribution < 1.29 is 13.2 Å². The normalized spacial score (nSPS) is 12.2. The zero-order valence-corrected chi connectivity index (χ0v) is 9.42. The Hall–Kier alpha value is -1.02. The van der Waals surface area contributed by atoms with Crippen molar-refractivity contribution in [1.82, 2.24) is 9.97 Å². The molecule has 16 heavy (non-hydrogen) atoms. The van der Waals surface area contributed by atoms with Crippen LogP contribution >= 0.6 is 23.1 Å². The Kier molecular flexibility index (Phi) is 2.94. The van der Waals surface area contributed by atoms with E-state index in [4.69, 9.17) is 5.73 Å². The summed E-state index contributed by atoms with van der Waals surface area (Å²) in [5, 5.41) is 2.51. The largest absolute Gasteiger partial charge is 0.398 e. The molecule has 0 saturated heterocycles. The molecule has 0 bridgehead atoms. The lowest BCUT2D eigenvalue weighted by atomic mass is 10.4. The number of aromatic nitrogens is 2. The molecule has 0 radical (unpaired) electrons. The van der Waals surface area contributed by atoms with Crippen LogP contribution in [0, 0.1) is 0 Å². The van der Waals surface area contributed by atoms with Gasteiger partial charge in [-0.15, -0.1) is 11.3 Å². The predicted octanol–water partition coefficient (Wildman–Crippen LogP) is 2.93. The van der Waals surface area contributed by atoms with Crippen LogP contribution in [0.4, 0.5) is 19.0 Å².